The van der Waals surface area contributed by atoms with Gasteiger partial charge in [0.15, 0.2) is 0 Å². The number of hydrogen-bond donors (Lipinski definition) is 1. The van der Waals surface area contributed by atoms with E-state index in [9.17, 15) is 4.79 Å². The molecule has 2 atom stereocenters. The van der Waals surface area contributed by atoms with Crippen molar-refractivity contribution in [2.75, 3.05) is 5.32 Å². The van der Waals surface area contributed by atoms with E-state index in [-0.39, 0.29) is 17.7 Å². The summed E-state index contributed by atoms with van der Waals surface area (Å²) in [4.78, 5) is 12.8. The second-order valence-electron chi connectivity index (χ2n) is 7.44. The van der Waals surface area contributed by atoms with Crippen LogP contribution in [0.3, 0.4) is 0 Å². The summed E-state index contributed by atoms with van der Waals surface area (Å²) in [7, 11) is 0. The molecule has 1 aromatic heterocycles. The highest BCUT2D eigenvalue weighted by Crippen LogP contribution is 2.48. The maximum absolute atomic E-state index is 12.8. The molecule has 5 rings (SSSR count). The molecule has 0 saturated heterocycles. The number of aromatic nitrogens is 2. The molecule has 5 nitrogen and oxygen atoms in total. The number of nitrogens with zero attached hydrogens (tertiary/aromatic N) is 2. The van der Waals surface area contributed by atoms with Crippen LogP contribution in [0.2, 0.25) is 10.0 Å². The van der Waals surface area contributed by atoms with E-state index in [2.05, 4.69) is 27.6 Å². The summed E-state index contributed by atoms with van der Waals surface area (Å²) < 4.78 is 5.86. The topological polar surface area (TPSA) is 68.0 Å². The van der Waals surface area contributed by atoms with Gasteiger partial charge >= 0.3 is 0 Å². The summed E-state index contributed by atoms with van der Waals surface area (Å²) in [6.07, 6.45) is 0.847. The lowest BCUT2D eigenvalue weighted by Gasteiger charge is -2.08. The lowest BCUT2D eigenvalue weighted by molar-refractivity contribution is -0.117. The smallest absolute Gasteiger partial charge is 0.250 e. The molecule has 1 N–H and O–H groups in total. The van der Waals surface area contributed by atoms with Crippen LogP contribution >= 0.6 is 23.2 Å². The van der Waals surface area contributed by atoms with Crippen molar-refractivity contribution in [3.63, 3.8) is 0 Å². The highest BCUT2D eigenvalue weighted by Gasteiger charge is 2.44. The SMILES string of the molecule is O=C(Nc1ccccc1-c1nnc(-c2ccc(Cl)c(Cl)c2)o1)[C@H]1C[C@@H]1c1ccccc1. The first-order valence-electron chi connectivity index (χ1n) is 9.84. The summed E-state index contributed by atoms with van der Waals surface area (Å²) in [5.74, 6) is 0.849. The number of para-hydroxylation sites is 1. The predicted octanol–water partition coefficient (Wildman–Crippen LogP) is 6.45. The average molecular weight is 450 g/mol. The Hall–Kier alpha value is -3.15. The predicted molar refractivity (Wildman–Crippen MR) is 121 cm³/mol. The van der Waals surface area contributed by atoms with Gasteiger partial charge in [0, 0.05) is 11.5 Å². The Morgan fingerprint density at radius 1 is 0.903 bits per heavy atom. The normalized spacial score (nSPS) is 17.4. The minimum absolute atomic E-state index is 0.00877. The Kier molecular flexibility index (Phi) is 5.22. The monoisotopic (exact) mass is 449 g/mol. The number of anilines is 1. The van der Waals surface area contributed by atoms with Crippen LogP contribution < -0.4 is 5.32 Å². The average Bonchev–Trinajstić information content (AvgIpc) is 3.46. The van der Waals surface area contributed by atoms with Crippen LogP contribution in [0.25, 0.3) is 22.9 Å². The Morgan fingerprint density at radius 3 is 2.45 bits per heavy atom. The molecule has 0 aliphatic heterocycles. The van der Waals surface area contributed by atoms with Gasteiger partial charge in [-0.3, -0.25) is 4.79 Å². The number of amides is 1. The maximum Gasteiger partial charge on any atom is 0.250 e. The molecule has 31 heavy (non-hydrogen) atoms. The van der Waals surface area contributed by atoms with Crippen LogP contribution in [0.15, 0.2) is 77.2 Å². The minimum atomic E-state index is -0.0371. The van der Waals surface area contributed by atoms with E-state index in [0.717, 1.165) is 6.42 Å². The molecule has 0 spiro atoms. The van der Waals surface area contributed by atoms with E-state index in [1.54, 1.807) is 18.2 Å². The number of benzene rings is 3. The molecule has 0 unspecified atom stereocenters. The van der Waals surface area contributed by atoms with E-state index in [1.807, 2.05) is 42.5 Å². The van der Waals surface area contributed by atoms with Crippen LogP contribution in [0.5, 0.6) is 0 Å². The Balaban J connectivity index is 1.36. The van der Waals surface area contributed by atoms with Crippen molar-refractivity contribution in [3.8, 4) is 22.9 Å². The molecule has 1 fully saturated rings. The van der Waals surface area contributed by atoms with Crippen molar-refractivity contribution in [2.24, 2.45) is 5.92 Å². The lowest BCUT2D eigenvalue weighted by atomic mass is 10.1. The van der Waals surface area contributed by atoms with Gasteiger partial charge in [-0.1, -0.05) is 65.7 Å². The fourth-order valence-corrected chi connectivity index (χ4v) is 3.93. The molecule has 0 bridgehead atoms. The molecule has 154 valence electrons. The van der Waals surface area contributed by atoms with Gasteiger partial charge in [-0.2, -0.15) is 0 Å². The highest BCUT2D eigenvalue weighted by molar-refractivity contribution is 6.42. The van der Waals surface area contributed by atoms with Crippen molar-refractivity contribution >= 4 is 34.8 Å². The van der Waals surface area contributed by atoms with E-state index < -0.39 is 0 Å². The zero-order valence-electron chi connectivity index (χ0n) is 16.3. The summed E-state index contributed by atoms with van der Waals surface area (Å²) in [6, 6.07) is 22.6. The first kappa shape index (κ1) is 19.8. The molecule has 1 aliphatic carbocycles. The number of nitrogens with one attached hydrogen (secondary N) is 1. The van der Waals surface area contributed by atoms with Gasteiger partial charge in [-0.05, 0) is 48.2 Å². The van der Waals surface area contributed by atoms with Gasteiger partial charge in [0.25, 0.3) is 0 Å². The van der Waals surface area contributed by atoms with Crippen LogP contribution in [0.4, 0.5) is 5.69 Å². The van der Waals surface area contributed by atoms with Gasteiger partial charge < -0.3 is 9.73 Å². The van der Waals surface area contributed by atoms with E-state index in [0.29, 0.717) is 38.6 Å². The second kappa shape index (κ2) is 8.17. The molecule has 1 amide bonds. The van der Waals surface area contributed by atoms with Gasteiger partial charge in [0.05, 0.1) is 21.3 Å². The highest BCUT2D eigenvalue weighted by atomic mass is 35.5. The fraction of sp³-hybridized carbons (Fsp3) is 0.125. The summed E-state index contributed by atoms with van der Waals surface area (Å²) in [5.41, 5.74) is 3.15. The van der Waals surface area contributed by atoms with E-state index in [4.69, 9.17) is 27.6 Å². The number of carbonyl (C=O) groups is 1. The van der Waals surface area contributed by atoms with Gasteiger partial charge in [0.2, 0.25) is 17.7 Å². The largest absolute Gasteiger partial charge is 0.416 e. The third-order valence-corrected chi connectivity index (χ3v) is 6.10. The molecule has 7 heteroatoms. The first-order valence-corrected chi connectivity index (χ1v) is 10.6. The summed E-state index contributed by atoms with van der Waals surface area (Å²) >= 11 is 12.1. The zero-order valence-corrected chi connectivity index (χ0v) is 17.8. The number of rotatable bonds is 5. The van der Waals surface area contributed by atoms with Gasteiger partial charge in [0.1, 0.15) is 0 Å². The van der Waals surface area contributed by atoms with Crippen molar-refractivity contribution in [3.05, 3.63) is 88.4 Å². The van der Waals surface area contributed by atoms with Crippen molar-refractivity contribution in [2.45, 2.75) is 12.3 Å². The fourth-order valence-electron chi connectivity index (χ4n) is 3.64. The Bertz CT molecular complexity index is 1260. The van der Waals surface area contributed by atoms with Crippen molar-refractivity contribution in [1.29, 1.82) is 0 Å². The molecular formula is C24H17Cl2N3O2. The quantitative estimate of drug-likeness (QED) is 0.379. The number of halogens is 2. The van der Waals surface area contributed by atoms with Crippen LogP contribution in [-0.2, 0) is 4.79 Å². The van der Waals surface area contributed by atoms with Crippen LogP contribution in [-0.4, -0.2) is 16.1 Å². The summed E-state index contributed by atoms with van der Waals surface area (Å²) in [6.45, 7) is 0. The molecule has 1 heterocycles. The Labute approximate surface area is 189 Å². The zero-order chi connectivity index (χ0) is 21.4. The van der Waals surface area contributed by atoms with Gasteiger partial charge in [-0.25, -0.2) is 0 Å². The molecule has 1 saturated carbocycles. The van der Waals surface area contributed by atoms with Crippen molar-refractivity contribution in [1.82, 2.24) is 10.2 Å². The minimum Gasteiger partial charge on any atom is -0.416 e. The van der Waals surface area contributed by atoms with Crippen LogP contribution in [0.1, 0.15) is 17.9 Å². The van der Waals surface area contributed by atoms with Crippen LogP contribution in [0, 0.1) is 5.92 Å². The van der Waals surface area contributed by atoms with E-state index in [1.165, 1.54) is 5.56 Å². The van der Waals surface area contributed by atoms with E-state index >= 15 is 0 Å². The lowest BCUT2D eigenvalue weighted by Crippen LogP contribution is -2.15. The molecule has 4 aromatic rings. The molecule has 1 aliphatic rings. The maximum atomic E-state index is 12.8. The number of carbonyl (C=O) groups excluding carboxylic acids is 1. The number of hydrogen-bond acceptors (Lipinski definition) is 4. The third-order valence-electron chi connectivity index (χ3n) is 5.36. The third kappa shape index (κ3) is 4.07. The van der Waals surface area contributed by atoms with Crippen molar-refractivity contribution < 1.29 is 9.21 Å². The molecular weight excluding hydrogens is 433 g/mol. The second-order valence-corrected chi connectivity index (χ2v) is 8.25. The first-order chi connectivity index (χ1) is 15.1. The molecule has 0 radical (unpaired) electrons. The standard InChI is InChI=1S/C24H17Cl2N3O2/c25-19-11-10-15(12-20(19)26)23-28-29-24(31-23)16-8-4-5-9-21(16)27-22(30)18-13-17(18)14-6-2-1-3-7-14/h1-12,17-18H,13H2,(H,27,30)/t17-,18+/m1/s1. The van der Waals surface area contributed by atoms with Gasteiger partial charge in [-0.15, -0.1) is 10.2 Å². The molecule has 3 aromatic carbocycles. The summed E-state index contributed by atoms with van der Waals surface area (Å²) in [5, 5.41) is 12.2. The Morgan fingerprint density at radius 2 is 1.65 bits per heavy atom.